The van der Waals surface area contributed by atoms with E-state index < -0.39 is 17.6 Å². The normalized spacial score (nSPS) is 11.0. The molecule has 2 aromatic heterocycles. The molecule has 9 heteroatoms. The molecule has 3 N–H and O–H groups in total. The Balaban J connectivity index is 1.63. The molecule has 6 nitrogen and oxygen atoms in total. The number of hydrogen-bond acceptors (Lipinski definition) is 4. The number of nitrogen functional groups attached to an aromatic ring is 1. The van der Waals surface area contributed by atoms with Gasteiger partial charge in [0.2, 0.25) is 0 Å². The zero-order chi connectivity index (χ0) is 25.2. The van der Waals surface area contributed by atoms with Crippen molar-refractivity contribution in [1.82, 2.24) is 14.5 Å². The number of halogens is 3. The summed E-state index contributed by atoms with van der Waals surface area (Å²) in [5, 5.41) is 2.56. The van der Waals surface area contributed by atoms with Gasteiger partial charge in [0, 0.05) is 46.7 Å². The van der Waals surface area contributed by atoms with Gasteiger partial charge in [0.1, 0.15) is 5.82 Å². The zero-order valence-corrected chi connectivity index (χ0v) is 18.8. The maximum atomic E-state index is 13.5. The van der Waals surface area contributed by atoms with Crippen molar-refractivity contribution in [1.29, 1.82) is 0 Å². The molecule has 2 heterocycles. The van der Waals surface area contributed by atoms with Crippen molar-refractivity contribution in [2.75, 3.05) is 11.1 Å². The number of benzene rings is 2. The van der Waals surface area contributed by atoms with Crippen LogP contribution in [0.25, 0.3) is 5.69 Å². The lowest BCUT2D eigenvalue weighted by Gasteiger charge is -2.14. The predicted octanol–water partition coefficient (Wildman–Crippen LogP) is 5.14. The van der Waals surface area contributed by atoms with E-state index in [1.807, 2.05) is 19.9 Å². The summed E-state index contributed by atoms with van der Waals surface area (Å²) in [5.41, 5.74) is 8.25. The topological polar surface area (TPSA) is 85.8 Å². The van der Waals surface area contributed by atoms with Crippen molar-refractivity contribution in [3.8, 4) is 17.5 Å². The van der Waals surface area contributed by atoms with E-state index in [9.17, 15) is 18.0 Å². The Kier molecular flexibility index (Phi) is 6.30. The first-order valence-corrected chi connectivity index (χ1v) is 10.5. The van der Waals surface area contributed by atoms with Crippen LogP contribution in [0.3, 0.4) is 0 Å². The van der Waals surface area contributed by atoms with Crippen molar-refractivity contribution in [3.63, 3.8) is 0 Å². The predicted molar refractivity (Wildman–Crippen MR) is 127 cm³/mol. The van der Waals surface area contributed by atoms with Gasteiger partial charge >= 0.3 is 6.18 Å². The molecule has 0 atom stereocenters. The van der Waals surface area contributed by atoms with Crippen LogP contribution in [0, 0.1) is 25.7 Å². The Morgan fingerprint density at radius 2 is 1.86 bits per heavy atom. The molecular weight excluding hydrogens is 455 g/mol. The van der Waals surface area contributed by atoms with E-state index in [2.05, 4.69) is 27.1 Å². The monoisotopic (exact) mass is 475 g/mol. The molecule has 176 valence electrons. The summed E-state index contributed by atoms with van der Waals surface area (Å²) >= 11 is 0. The number of nitrogens with one attached hydrogen (secondary N) is 1. The lowest BCUT2D eigenvalue weighted by Crippen LogP contribution is -2.14. The number of pyridine rings is 1. The summed E-state index contributed by atoms with van der Waals surface area (Å²) in [7, 11) is 0. The van der Waals surface area contributed by atoms with E-state index in [0.717, 1.165) is 23.3 Å². The Labute approximate surface area is 199 Å². The minimum atomic E-state index is -4.59. The number of alkyl halides is 3. The number of carbonyl (C=O) groups is 1. The average Bonchev–Trinajstić information content (AvgIpc) is 3.35. The Morgan fingerprint density at radius 3 is 2.54 bits per heavy atom. The first kappa shape index (κ1) is 23.6. The third-order valence-electron chi connectivity index (χ3n) is 5.27. The van der Waals surface area contributed by atoms with Crippen molar-refractivity contribution < 1.29 is 18.0 Å². The molecule has 0 saturated heterocycles. The molecule has 4 rings (SSSR count). The highest BCUT2D eigenvalue weighted by Gasteiger charge is 2.31. The van der Waals surface area contributed by atoms with E-state index in [0.29, 0.717) is 16.9 Å². The van der Waals surface area contributed by atoms with Crippen LogP contribution in [-0.2, 0) is 6.18 Å². The summed E-state index contributed by atoms with van der Waals surface area (Å²) in [6, 6.07) is 10.1. The largest absolute Gasteiger partial charge is 0.416 e. The van der Waals surface area contributed by atoms with Crippen molar-refractivity contribution in [3.05, 3.63) is 101 Å². The lowest BCUT2D eigenvalue weighted by molar-refractivity contribution is -0.137. The lowest BCUT2D eigenvalue weighted by atomic mass is 10.0. The number of amides is 1. The number of aromatic nitrogens is 3. The highest BCUT2D eigenvalue weighted by atomic mass is 19.4. The molecule has 0 radical (unpaired) electrons. The molecule has 0 bridgehead atoms. The van der Waals surface area contributed by atoms with Crippen LogP contribution in [-0.4, -0.2) is 20.4 Å². The molecule has 0 aliphatic carbocycles. The highest BCUT2D eigenvalue weighted by Crippen LogP contribution is 2.33. The standard InChI is InChI=1S/C26H20F3N5O/c1-16-3-5-20(10-19(16)6-4-18-9-17(2)24(30)32-14-18)25(35)33-22-11-21(26(27,28)29)12-23(13-22)34-8-7-31-15-34/h3,5,7-15H,1-2H3,(H2,30,32)(H,33,35). The molecule has 0 spiro atoms. The van der Waals surface area contributed by atoms with Gasteiger partial charge in [-0.3, -0.25) is 4.79 Å². The van der Waals surface area contributed by atoms with E-state index >= 15 is 0 Å². The maximum Gasteiger partial charge on any atom is 0.416 e. The first-order chi connectivity index (χ1) is 16.6. The number of rotatable bonds is 3. The number of anilines is 2. The Hall–Kier alpha value is -4.58. The number of carbonyl (C=O) groups excluding carboxylic acids is 1. The SMILES string of the molecule is Cc1ccc(C(=O)Nc2cc(-n3ccnc3)cc(C(F)(F)F)c2)cc1C#Cc1cnc(N)c(C)c1. The van der Waals surface area contributed by atoms with Gasteiger partial charge in [0.05, 0.1) is 11.9 Å². The summed E-state index contributed by atoms with van der Waals surface area (Å²) < 4.78 is 41.8. The van der Waals surface area contributed by atoms with E-state index in [4.69, 9.17) is 5.73 Å². The second-order valence-electron chi connectivity index (χ2n) is 7.90. The molecule has 0 fully saturated rings. The van der Waals surface area contributed by atoms with Crippen LogP contribution < -0.4 is 11.1 Å². The minimum absolute atomic E-state index is 0.00478. The van der Waals surface area contributed by atoms with Crippen LogP contribution in [0.1, 0.15) is 38.2 Å². The number of nitrogens with two attached hydrogens (primary N) is 1. The number of hydrogen-bond donors (Lipinski definition) is 2. The summed E-state index contributed by atoms with van der Waals surface area (Å²) in [6.07, 6.45) is 1.33. The molecule has 2 aromatic carbocycles. The third-order valence-corrected chi connectivity index (χ3v) is 5.27. The van der Waals surface area contributed by atoms with Crippen LogP contribution in [0.2, 0.25) is 0 Å². The molecule has 0 aliphatic rings. The van der Waals surface area contributed by atoms with E-state index in [1.54, 1.807) is 24.4 Å². The number of imidazole rings is 1. The van der Waals surface area contributed by atoms with Gasteiger partial charge in [-0.15, -0.1) is 0 Å². The second-order valence-corrected chi connectivity index (χ2v) is 7.90. The first-order valence-electron chi connectivity index (χ1n) is 10.5. The van der Waals surface area contributed by atoms with Gasteiger partial charge in [-0.1, -0.05) is 17.9 Å². The zero-order valence-electron chi connectivity index (χ0n) is 18.8. The fourth-order valence-corrected chi connectivity index (χ4v) is 3.30. The van der Waals surface area contributed by atoms with Gasteiger partial charge in [-0.2, -0.15) is 13.2 Å². The van der Waals surface area contributed by atoms with Crippen molar-refractivity contribution in [2.24, 2.45) is 0 Å². The number of aryl methyl sites for hydroxylation is 2. The van der Waals surface area contributed by atoms with Gasteiger partial charge < -0.3 is 15.6 Å². The smallest absolute Gasteiger partial charge is 0.383 e. The van der Waals surface area contributed by atoms with Crippen LogP contribution in [0.4, 0.5) is 24.7 Å². The summed E-state index contributed by atoms with van der Waals surface area (Å²) in [6.45, 7) is 3.68. The van der Waals surface area contributed by atoms with E-state index in [-0.39, 0.29) is 16.9 Å². The van der Waals surface area contributed by atoms with Gasteiger partial charge in [-0.25, -0.2) is 9.97 Å². The number of nitrogens with zero attached hydrogens (tertiary/aromatic N) is 3. The summed E-state index contributed by atoms with van der Waals surface area (Å²) in [5.74, 6) is 5.89. The van der Waals surface area contributed by atoms with Crippen LogP contribution in [0.15, 0.2) is 67.4 Å². The molecule has 0 unspecified atom stereocenters. The minimum Gasteiger partial charge on any atom is -0.383 e. The Morgan fingerprint density at radius 1 is 1.06 bits per heavy atom. The second kappa shape index (κ2) is 9.35. The summed E-state index contributed by atoms with van der Waals surface area (Å²) in [4.78, 5) is 20.9. The molecule has 4 aromatic rings. The maximum absolute atomic E-state index is 13.5. The molecule has 0 saturated carbocycles. The quantitative estimate of drug-likeness (QED) is 0.402. The molecule has 1 amide bonds. The Bertz CT molecular complexity index is 1460. The fourth-order valence-electron chi connectivity index (χ4n) is 3.30. The van der Waals surface area contributed by atoms with Gasteiger partial charge in [0.25, 0.3) is 5.91 Å². The van der Waals surface area contributed by atoms with Crippen LogP contribution in [0.5, 0.6) is 0 Å². The third kappa shape index (κ3) is 5.50. The van der Waals surface area contributed by atoms with Gasteiger partial charge in [-0.05, 0) is 61.4 Å². The average molecular weight is 475 g/mol. The van der Waals surface area contributed by atoms with Gasteiger partial charge in [0.15, 0.2) is 0 Å². The van der Waals surface area contributed by atoms with Crippen molar-refractivity contribution in [2.45, 2.75) is 20.0 Å². The highest BCUT2D eigenvalue weighted by molar-refractivity contribution is 6.04. The van der Waals surface area contributed by atoms with Crippen molar-refractivity contribution >= 4 is 17.4 Å². The molecule has 0 aliphatic heterocycles. The van der Waals surface area contributed by atoms with E-state index in [1.165, 1.54) is 29.4 Å². The fraction of sp³-hybridized carbons (Fsp3) is 0.115. The molecular formula is C26H20F3N5O. The van der Waals surface area contributed by atoms with Crippen LogP contribution >= 0.6 is 0 Å². The molecule has 35 heavy (non-hydrogen) atoms.